The molecule has 0 aromatic rings. The van der Waals surface area contributed by atoms with E-state index in [9.17, 15) is 0 Å². The van der Waals surface area contributed by atoms with E-state index in [1.165, 1.54) is 0 Å². The fourth-order valence-corrected chi connectivity index (χ4v) is 0.669. The number of aliphatic hydroxyl groups is 1. The first-order chi connectivity index (χ1) is 4.91. The lowest BCUT2D eigenvalue weighted by Crippen LogP contribution is -1.74. The predicted molar refractivity (Wildman–Crippen MR) is 44.9 cm³/mol. The Morgan fingerprint density at radius 1 is 1.00 bits per heavy atom. The van der Waals surface area contributed by atoms with Crippen LogP contribution in [0.5, 0.6) is 0 Å². The number of hydrogen-bond donors (Lipinski definition) is 1. The van der Waals surface area contributed by atoms with E-state index in [1.807, 2.05) is 13.0 Å². The smallest absolute Gasteiger partial charge is 0.0465 e. The third-order valence-electron chi connectivity index (χ3n) is 1.20. The summed E-state index contributed by atoms with van der Waals surface area (Å²) in [5.74, 6) is 0. The van der Waals surface area contributed by atoms with E-state index in [0.717, 1.165) is 19.3 Å². The van der Waals surface area contributed by atoms with Crippen molar-refractivity contribution in [2.45, 2.75) is 26.2 Å². The van der Waals surface area contributed by atoms with Gasteiger partial charge in [-0.1, -0.05) is 24.3 Å². The highest BCUT2D eigenvalue weighted by Crippen LogP contribution is 1.93. The van der Waals surface area contributed by atoms with E-state index in [4.69, 9.17) is 5.11 Å². The zero-order chi connectivity index (χ0) is 7.66. The molecule has 0 aromatic carbocycles. The molecule has 0 aliphatic heterocycles. The number of allylic oxidation sites excluding steroid dienone is 3. The van der Waals surface area contributed by atoms with Gasteiger partial charge in [-0.15, -0.1) is 0 Å². The van der Waals surface area contributed by atoms with Gasteiger partial charge in [0.2, 0.25) is 0 Å². The topological polar surface area (TPSA) is 20.2 Å². The van der Waals surface area contributed by atoms with Crippen LogP contribution in [-0.2, 0) is 0 Å². The van der Waals surface area contributed by atoms with Crippen molar-refractivity contribution in [1.29, 1.82) is 0 Å². The molecule has 0 heterocycles. The van der Waals surface area contributed by atoms with Gasteiger partial charge in [-0.25, -0.2) is 0 Å². The number of rotatable bonds is 5. The van der Waals surface area contributed by atoms with Crippen LogP contribution in [-0.4, -0.2) is 11.7 Å². The third kappa shape index (κ3) is 7.44. The van der Waals surface area contributed by atoms with Gasteiger partial charge < -0.3 is 5.11 Å². The normalized spacial score (nSPS) is 11.8. The molecule has 0 aliphatic rings. The SMILES string of the molecule is C/C=C/CC/C=C/CCO. The van der Waals surface area contributed by atoms with Crippen LogP contribution in [0.4, 0.5) is 0 Å². The molecule has 0 aliphatic carbocycles. The van der Waals surface area contributed by atoms with Crippen LogP contribution in [0, 0.1) is 0 Å². The van der Waals surface area contributed by atoms with Gasteiger partial charge in [-0.3, -0.25) is 0 Å². The highest BCUT2D eigenvalue weighted by Gasteiger charge is 1.75. The molecule has 0 saturated heterocycles. The van der Waals surface area contributed by atoms with Crippen molar-refractivity contribution < 1.29 is 5.11 Å². The standard InChI is InChI=1S/C9H16O/c1-2-3-4-5-6-7-8-9-10/h2-3,6-7,10H,4-5,8-9H2,1H3/b3-2+,7-6+. The second-order valence-corrected chi connectivity index (χ2v) is 2.13. The van der Waals surface area contributed by atoms with Crippen LogP contribution >= 0.6 is 0 Å². The summed E-state index contributed by atoms with van der Waals surface area (Å²) >= 11 is 0. The minimum atomic E-state index is 0.264. The Balaban J connectivity index is 3.02. The first-order valence-electron chi connectivity index (χ1n) is 3.78. The first-order valence-corrected chi connectivity index (χ1v) is 3.78. The van der Waals surface area contributed by atoms with Crippen LogP contribution in [0.1, 0.15) is 26.2 Å². The van der Waals surface area contributed by atoms with Crippen LogP contribution in [0.25, 0.3) is 0 Å². The monoisotopic (exact) mass is 140 g/mol. The van der Waals surface area contributed by atoms with Crippen molar-refractivity contribution in [1.82, 2.24) is 0 Å². The minimum Gasteiger partial charge on any atom is -0.396 e. The van der Waals surface area contributed by atoms with Crippen LogP contribution in [0.3, 0.4) is 0 Å². The average molecular weight is 140 g/mol. The Hall–Kier alpha value is -0.560. The number of unbranched alkanes of at least 4 members (excludes halogenated alkanes) is 1. The maximum absolute atomic E-state index is 8.40. The van der Waals surface area contributed by atoms with E-state index in [2.05, 4.69) is 18.2 Å². The van der Waals surface area contributed by atoms with Gasteiger partial charge >= 0.3 is 0 Å². The van der Waals surface area contributed by atoms with Gasteiger partial charge in [0, 0.05) is 6.61 Å². The fourth-order valence-electron chi connectivity index (χ4n) is 0.669. The summed E-state index contributed by atoms with van der Waals surface area (Å²) in [4.78, 5) is 0. The van der Waals surface area contributed by atoms with Gasteiger partial charge in [0.05, 0.1) is 0 Å². The second kappa shape index (κ2) is 8.44. The Bertz CT molecular complexity index is 103. The Morgan fingerprint density at radius 2 is 1.60 bits per heavy atom. The molecular formula is C9H16O. The highest BCUT2D eigenvalue weighted by molar-refractivity contribution is 4.86. The van der Waals surface area contributed by atoms with Gasteiger partial charge in [-0.05, 0) is 26.2 Å². The third-order valence-corrected chi connectivity index (χ3v) is 1.20. The molecule has 0 rings (SSSR count). The molecule has 0 amide bonds. The number of aliphatic hydroxyl groups excluding tert-OH is 1. The highest BCUT2D eigenvalue weighted by atomic mass is 16.2. The summed E-state index contributed by atoms with van der Waals surface area (Å²) in [7, 11) is 0. The van der Waals surface area contributed by atoms with Gasteiger partial charge in [0.1, 0.15) is 0 Å². The van der Waals surface area contributed by atoms with E-state index in [-0.39, 0.29) is 6.61 Å². The maximum atomic E-state index is 8.40. The molecular weight excluding hydrogens is 124 g/mol. The Labute approximate surface area is 63.1 Å². The summed E-state index contributed by atoms with van der Waals surface area (Å²) in [5.41, 5.74) is 0. The van der Waals surface area contributed by atoms with Crippen LogP contribution < -0.4 is 0 Å². The van der Waals surface area contributed by atoms with Crippen LogP contribution in [0.15, 0.2) is 24.3 Å². The van der Waals surface area contributed by atoms with E-state index in [1.54, 1.807) is 0 Å². The quantitative estimate of drug-likeness (QED) is 0.459. The summed E-state index contributed by atoms with van der Waals surface area (Å²) in [6.45, 7) is 2.29. The van der Waals surface area contributed by atoms with Gasteiger partial charge in [0.15, 0.2) is 0 Å². The van der Waals surface area contributed by atoms with Crippen molar-refractivity contribution in [3.8, 4) is 0 Å². The summed E-state index contributed by atoms with van der Waals surface area (Å²) in [6.07, 6.45) is 11.3. The zero-order valence-corrected chi connectivity index (χ0v) is 6.59. The summed E-state index contributed by atoms with van der Waals surface area (Å²) in [6, 6.07) is 0. The molecule has 10 heavy (non-hydrogen) atoms. The van der Waals surface area contributed by atoms with Crippen molar-refractivity contribution in [3.63, 3.8) is 0 Å². The van der Waals surface area contributed by atoms with Crippen molar-refractivity contribution in [2.75, 3.05) is 6.61 Å². The van der Waals surface area contributed by atoms with E-state index in [0.29, 0.717) is 0 Å². The first kappa shape index (κ1) is 9.44. The molecule has 1 heteroatoms. The second-order valence-electron chi connectivity index (χ2n) is 2.13. The molecule has 1 N–H and O–H groups in total. The largest absolute Gasteiger partial charge is 0.396 e. The van der Waals surface area contributed by atoms with E-state index >= 15 is 0 Å². The lowest BCUT2D eigenvalue weighted by molar-refractivity contribution is 0.302. The van der Waals surface area contributed by atoms with Gasteiger partial charge in [-0.2, -0.15) is 0 Å². The molecule has 0 spiro atoms. The predicted octanol–water partition coefficient (Wildman–Crippen LogP) is 2.28. The molecule has 0 bridgehead atoms. The summed E-state index contributed by atoms with van der Waals surface area (Å²) < 4.78 is 0. The van der Waals surface area contributed by atoms with E-state index < -0.39 is 0 Å². The average Bonchev–Trinajstić information content (AvgIpc) is 1.97. The van der Waals surface area contributed by atoms with Gasteiger partial charge in [0.25, 0.3) is 0 Å². The molecule has 0 aromatic heterocycles. The Kier molecular flexibility index (Phi) is 7.97. The molecule has 0 atom stereocenters. The molecule has 0 unspecified atom stereocenters. The number of hydrogen-bond acceptors (Lipinski definition) is 1. The molecule has 0 radical (unpaired) electrons. The molecule has 0 fully saturated rings. The molecule has 58 valence electrons. The fraction of sp³-hybridized carbons (Fsp3) is 0.556. The maximum Gasteiger partial charge on any atom is 0.0465 e. The van der Waals surface area contributed by atoms with Crippen molar-refractivity contribution >= 4 is 0 Å². The molecule has 0 saturated carbocycles. The van der Waals surface area contributed by atoms with Crippen LogP contribution in [0.2, 0.25) is 0 Å². The molecule has 1 nitrogen and oxygen atoms in total. The lowest BCUT2D eigenvalue weighted by Gasteiger charge is -1.85. The zero-order valence-electron chi connectivity index (χ0n) is 6.59. The van der Waals surface area contributed by atoms with Crippen molar-refractivity contribution in [2.24, 2.45) is 0 Å². The summed E-state index contributed by atoms with van der Waals surface area (Å²) in [5, 5.41) is 8.40. The lowest BCUT2D eigenvalue weighted by atomic mass is 10.2. The Morgan fingerprint density at radius 3 is 2.20 bits per heavy atom. The van der Waals surface area contributed by atoms with Crippen molar-refractivity contribution in [3.05, 3.63) is 24.3 Å². The minimum absolute atomic E-state index is 0.264.